The van der Waals surface area contributed by atoms with Crippen molar-refractivity contribution in [1.82, 2.24) is 5.32 Å². The molecule has 1 atom stereocenters. The van der Waals surface area contributed by atoms with E-state index in [1.807, 2.05) is 0 Å². The number of carboxylic acid groups (broad SMARTS) is 1. The second-order valence-electron chi connectivity index (χ2n) is 12.8. The number of unbranched alkanes of at least 4 members (excludes halogenated alkanes) is 23. The van der Waals surface area contributed by atoms with Crippen LogP contribution in [0.3, 0.4) is 0 Å². The van der Waals surface area contributed by atoms with Crippen molar-refractivity contribution in [3.63, 3.8) is 0 Å². The molecular formula is C38H71NO5. The molecule has 0 bridgehead atoms. The zero-order chi connectivity index (χ0) is 32.4. The summed E-state index contributed by atoms with van der Waals surface area (Å²) < 4.78 is 5.87. The van der Waals surface area contributed by atoms with E-state index in [1.165, 1.54) is 122 Å². The van der Waals surface area contributed by atoms with E-state index < -0.39 is 5.97 Å². The van der Waals surface area contributed by atoms with Gasteiger partial charge in [-0.15, -0.1) is 0 Å². The van der Waals surface area contributed by atoms with Crippen LogP contribution in [-0.4, -0.2) is 35.6 Å². The minimum Gasteiger partial charge on any atom is -0.480 e. The first-order valence-electron chi connectivity index (χ1n) is 18.8. The minimum absolute atomic E-state index is 0.0805. The lowest BCUT2D eigenvalue weighted by Gasteiger charge is -2.15. The highest BCUT2D eigenvalue weighted by atomic mass is 16.5. The molecule has 258 valence electrons. The average molecular weight is 622 g/mol. The molecular weight excluding hydrogens is 550 g/mol. The van der Waals surface area contributed by atoms with Crippen molar-refractivity contribution in [2.45, 2.75) is 206 Å². The van der Waals surface area contributed by atoms with Crippen molar-refractivity contribution in [3.8, 4) is 0 Å². The minimum atomic E-state index is -1.03. The van der Waals surface area contributed by atoms with Crippen molar-refractivity contribution in [1.29, 1.82) is 0 Å². The van der Waals surface area contributed by atoms with Crippen LogP contribution in [0.5, 0.6) is 0 Å². The molecule has 0 heterocycles. The second kappa shape index (κ2) is 34.0. The van der Waals surface area contributed by atoms with E-state index in [2.05, 4.69) is 31.3 Å². The number of hydrogen-bond acceptors (Lipinski definition) is 4. The summed E-state index contributed by atoms with van der Waals surface area (Å²) in [5.41, 5.74) is 0. The summed E-state index contributed by atoms with van der Waals surface area (Å²) in [5.74, 6) is -1.32. The fourth-order valence-corrected chi connectivity index (χ4v) is 5.60. The predicted octanol–water partition coefficient (Wildman–Crippen LogP) is 11.0. The van der Waals surface area contributed by atoms with Gasteiger partial charge in [-0.05, 0) is 44.6 Å². The van der Waals surface area contributed by atoms with Crippen LogP contribution in [0.15, 0.2) is 12.2 Å². The van der Waals surface area contributed by atoms with Gasteiger partial charge in [0.1, 0.15) is 12.6 Å². The molecule has 44 heavy (non-hydrogen) atoms. The van der Waals surface area contributed by atoms with E-state index in [-0.39, 0.29) is 24.5 Å². The van der Waals surface area contributed by atoms with Gasteiger partial charge in [-0.25, -0.2) is 0 Å². The Morgan fingerprint density at radius 1 is 0.591 bits per heavy atom. The number of carbonyl (C=O) groups is 3. The molecule has 1 unspecified atom stereocenters. The SMILES string of the molecule is CCCCCCC/C=C\C(CCCCCCC(=O)NCC(=O)O)OC(=O)CCCCCCCCCCCCCCCCCC. The Balaban J connectivity index is 4.03. The van der Waals surface area contributed by atoms with Gasteiger partial charge in [0.05, 0.1) is 0 Å². The Kier molecular flexibility index (Phi) is 32.6. The zero-order valence-electron chi connectivity index (χ0n) is 29.0. The second-order valence-corrected chi connectivity index (χ2v) is 12.8. The number of aliphatic carboxylic acids is 1. The number of rotatable bonds is 34. The van der Waals surface area contributed by atoms with Crippen LogP contribution in [-0.2, 0) is 19.1 Å². The third-order valence-corrected chi connectivity index (χ3v) is 8.42. The molecule has 0 fully saturated rings. The molecule has 0 aromatic heterocycles. The smallest absolute Gasteiger partial charge is 0.322 e. The normalized spacial score (nSPS) is 12.0. The van der Waals surface area contributed by atoms with Crippen LogP contribution in [0.2, 0.25) is 0 Å². The maximum atomic E-state index is 12.6. The molecule has 0 saturated carbocycles. The van der Waals surface area contributed by atoms with Crippen LogP contribution in [0.4, 0.5) is 0 Å². The third kappa shape index (κ3) is 33.1. The molecule has 1 amide bonds. The number of nitrogens with one attached hydrogen (secondary N) is 1. The Hall–Kier alpha value is -1.85. The molecule has 0 aliphatic rings. The summed E-state index contributed by atoms with van der Waals surface area (Å²) >= 11 is 0. The maximum Gasteiger partial charge on any atom is 0.322 e. The van der Waals surface area contributed by atoms with Crippen LogP contribution in [0, 0.1) is 0 Å². The molecule has 6 nitrogen and oxygen atoms in total. The van der Waals surface area contributed by atoms with Gasteiger partial charge in [0.15, 0.2) is 0 Å². The van der Waals surface area contributed by atoms with Gasteiger partial charge in [-0.3, -0.25) is 14.4 Å². The Morgan fingerprint density at radius 2 is 1.02 bits per heavy atom. The highest BCUT2D eigenvalue weighted by Crippen LogP contribution is 2.16. The zero-order valence-corrected chi connectivity index (χ0v) is 29.0. The van der Waals surface area contributed by atoms with Gasteiger partial charge in [-0.1, -0.05) is 155 Å². The average Bonchev–Trinajstić information content (AvgIpc) is 3.00. The first-order valence-corrected chi connectivity index (χ1v) is 18.8. The van der Waals surface area contributed by atoms with Crippen molar-refractivity contribution < 1.29 is 24.2 Å². The fraction of sp³-hybridized carbons (Fsp3) is 0.868. The summed E-state index contributed by atoms with van der Waals surface area (Å²) in [4.78, 5) is 34.8. The molecule has 0 radical (unpaired) electrons. The van der Waals surface area contributed by atoms with E-state index in [4.69, 9.17) is 9.84 Å². The van der Waals surface area contributed by atoms with Gasteiger partial charge in [-0.2, -0.15) is 0 Å². The molecule has 0 saturated heterocycles. The van der Waals surface area contributed by atoms with Gasteiger partial charge < -0.3 is 15.2 Å². The maximum absolute atomic E-state index is 12.6. The van der Waals surface area contributed by atoms with Crippen molar-refractivity contribution in [3.05, 3.63) is 12.2 Å². The number of amides is 1. The highest BCUT2D eigenvalue weighted by molar-refractivity contribution is 5.80. The van der Waals surface area contributed by atoms with Crippen LogP contribution < -0.4 is 5.32 Å². The van der Waals surface area contributed by atoms with E-state index >= 15 is 0 Å². The summed E-state index contributed by atoms with van der Waals surface area (Å²) in [6.45, 7) is 4.18. The Morgan fingerprint density at radius 3 is 1.52 bits per heavy atom. The van der Waals surface area contributed by atoms with Gasteiger partial charge >= 0.3 is 11.9 Å². The molecule has 2 N–H and O–H groups in total. The highest BCUT2D eigenvalue weighted by Gasteiger charge is 2.12. The Bertz CT molecular complexity index is 693. The summed E-state index contributed by atoms with van der Waals surface area (Å²) in [6.07, 6.45) is 37.8. The van der Waals surface area contributed by atoms with Gasteiger partial charge in [0.2, 0.25) is 5.91 Å². The number of ether oxygens (including phenoxy) is 1. The summed E-state index contributed by atoms with van der Waals surface area (Å²) in [7, 11) is 0. The Labute approximate surface area is 271 Å². The van der Waals surface area contributed by atoms with Crippen molar-refractivity contribution in [2.75, 3.05) is 6.54 Å². The predicted molar refractivity (Wildman–Crippen MR) is 185 cm³/mol. The molecule has 6 heteroatoms. The fourth-order valence-electron chi connectivity index (χ4n) is 5.60. The number of carboxylic acids is 1. The molecule has 0 aromatic carbocycles. The molecule has 0 aromatic rings. The van der Waals surface area contributed by atoms with Gasteiger partial charge in [0.25, 0.3) is 0 Å². The van der Waals surface area contributed by atoms with Crippen LogP contribution in [0.1, 0.15) is 200 Å². The van der Waals surface area contributed by atoms with E-state index in [9.17, 15) is 14.4 Å². The largest absolute Gasteiger partial charge is 0.480 e. The van der Waals surface area contributed by atoms with E-state index in [0.717, 1.165) is 51.4 Å². The quantitative estimate of drug-likeness (QED) is 0.0423. The third-order valence-electron chi connectivity index (χ3n) is 8.42. The molecule has 0 aliphatic heterocycles. The van der Waals surface area contributed by atoms with Gasteiger partial charge in [0, 0.05) is 12.8 Å². The molecule has 0 aliphatic carbocycles. The summed E-state index contributed by atoms with van der Waals surface area (Å²) in [6, 6.07) is 0. The lowest BCUT2D eigenvalue weighted by molar-refractivity contribution is -0.147. The molecule has 0 spiro atoms. The first-order chi connectivity index (χ1) is 21.5. The lowest BCUT2D eigenvalue weighted by atomic mass is 10.0. The molecule has 0 rings (SSSR count). The number of allylic oxidation sites excluding steroid dienone is 1. The van der Waals surface area contributed by atoms with Crippen molar-refractivity contribution in [2.24, 2.45) is 0 Å². The van der Waals surface area contributed by atoms with Crippen LogP contribution in [0.25, 0.3) is 0 Å². The van der Waals surface area contributed by atoms with E-state index in [0.29, 0.717) is 12.8 Å². The first kappa shape index (κ1) is 42.1. The van der Waals surface area contributed by atoms with Crippen LogP contribution >= 0.6 is 0 Å². The number of esters is 1. The number of carbonyl (C=O) groups excluding carboxylic acids is 2. The van der Waals surface area contributed by atoms with E-state index in [1.54, 1.807) is 0 Å². The lowest BCUT2D eigenvalue weighted by Crippen LogP contribution is -2.28. The van der Waals surface area contributed by atoms with Crippen molar-refractivity contribution >= 4 is 17.8 Å². The number of hydrogen-bond donors (Lipinski definition) is 2. The monoisotopic (exact) mass is 622 g/mol. The standard InChI is InChI=1S/C38H71NO5/c1-3-5-7-9-11-12-13-14-15-16-17-18-19-21-23-29-33-38(43)44-35(30-26-22-20-10-8-6-4-2)31-27-24-25-28-32-36(40)39-34-37(41)42/h26,30,35H,3-25,27-29,31-34H2,1-2H3,(H,39,40)(H,41,42)/b30-26-. The topological polar surface area (TPSA) is 92.7 Å². The summed E-state index contributed by atoms with van der Waals surface area (Å²) in [5, 5.41) is 11.0.